The molecule has 1 saturated heterocycles. The minimum absolute atomic E-state index is 0.130. The molecule has 0 aromatic heterocycles. The molecule has 0 spiro atoms. The first-order valence-electron chi connectivity index (χ1n) is 7.84. The second kappa shape index (κ2) is 7.46. The van der Waals surface area contributed by atoms with Crippen LogP contribution in [0.25, 0.3) is 0 Å². The number of nitrogens with zero attached hydrogens (tertiary/aromatic N) is 1. The van der Waals surface area contributed by atoms with Crippen LogP contribution in [0.4, 0.5) is 0 Å². The molecule has 1 aliphatic rings. The number of hydrogen-bond acceptors (Lipinski definition) is 3. The zero-order chi connectivity index (χ0) is 15.2. The fraction of sp³-hybridized carbons (Fsp3) is 0.588. The third kappa shape index (κ3) is 4.74. The Bertz CT molecular complexity index is 450. The summed E-state index contributed by atoms with van der Waals surface area (Å²) in [7, 11) is 0. The number of hydrogen-bond donors (Lipinski definition) is 1. The molecular formula is C17H26N2O2. The summed E-state index contributed by atoms with van der Waals surface area (Å²) >= 11 is 0. The predicted molar refractivity (Wildman–Crippen MR) is 84.3 cm³/mol. The van der Waals surface area contributed by atoms with Gasteiger partial charge >= 0.3 is 0 Å². The fourth-order valence-electron chi connectivity index (χ4n) is 2.53. The Morgan fingerprint density at radius 2 is 1.81 bits per heavy atom. The van der Waals surface area contributed by atoms with Crippen LogP contribution < -0.4 is 10.1 Å². The first-order valence-corrected chi connectivity index (χ1v) is 7.84. The zero-order valence-electron chi connectivity index (χ0n) is 13.3. The lowest BCUT2D eigenvalue weighted by atomic mass is 10.2. The molecule has 1 fully saturated rings. The third-order valence-corrected chi connectivity index (χ3v) is 3.70. The Morgan fingerprint density at radius 3 is 2.38 bits per heavy atom. The van der Waals surface area contributed by atoms with Crippen LogP contribution in [0.1, 0.15) is 39.2 Å². The first-order chi connectivity index (χ1) is 10.1. The van der Waals surface area contributed by atoms with Crippen LogP contribution in [-0.2, 0) is 11.3 Å². The molecule has 1 aromatic rings. The molecule has 0 bridgehead atoms. The number of nitrogens with one attached hydrogen (secondary N) is 1. The van der Waals surface area contributed by atoms with Crippen molar-refractivity contribution in [1.82, 2.24) is 10.2 Å². The van der Waals surface area contributed by atoms with E-state index in [1.807, 2.05) is 49.9 Å². The molecule has 1 unspecified atom stereocenters. The Kier molecular flexibility index (Phi) is 5.62. The summed E-state index contributed by atoms with van der Waals surface area (Å²) in [5, 5.41) is 3.30. The van der Waals surface area contributed by atoms with Gasteiger partial charge in [-0.05, 0) is 51.3 Å². The Morgan fingerprint density at radius 1 is 1.19 bits per heavy atom. The largest absolute Gasteiger partial charge is 0.491 e. The number of likely N-dealkylation sites (tertiary alicyclic amines) is 1. The highest BCUT2D eigenvalue weighted by molar-refractivity contribution is 5.81. The predicted octanol–water partition coefficient (Wildman–Crippen LogP) is 2.57. The van der Waals surface area contributed by atoms with Crippen LogP contribution in [0.3, 0.4) is 0 Å². The second-order valence-corrected chi connectivity index (χ2v) is 5.95. The van der Waals surface area contributed by atoms with E-state index in [2.05, 4.69) is 5.32 Å². The normalized spacial score (nSPS) is 16.3. The molecule has 1 N–H and O–H groups in total. The molecule has 0 saturated carbocycles. The standard InChI is InChI=1S/C17H26N2O2/c1-13(2)21-16-8-6-15(7-9-16)12-18-14(3)17(20)19-10-4-5-11-19/h6-9,13-14,18H,4-5,10-12H2,1-3H3. The van der Waals surface area contributed by atoms with Crippen molar-refractivity contribution in [1.29, 1.82) is 0 Å². The minimum Gasteiger partial charge on any atom is -0.491 e. The van der Waals surface area contributed by atoms with E-state index < -0.39 is 0 Å². The topological polar surface area (TPSA) is 41.6 Å². The molecule has 4 nitrogen and oxygen atoms in total. The maximum absolute atomic E-state index is 12.2. The van der Waals surface area contributed by atoms with E-state index in [9.17, 15) is 4.79 Å². The molecule has 21 heavy (non-hydrogen) atoms. The summed E-state index contributed by atoms with van der Waals surface area (Å²) < 4.78 is 5.62. The molecule has 1 atom stereocenters. The van der Waals surface area contributed by atoms with Crippen LogP contribution in [0, 0.1) is 0 Å². The fourth-order valence-corrected chi connectivity index (χ4v) is 2.53. The van der Waals surface area contributed by atoms with Crippen molar-refractivity contribution in [2.24, 2.45) is 0 Å². The van der Waals surface area contributed by atoms with E-state index in [4.69, 9.17) is 4.74 Å². The van der Waals surface area contributed by atoms with Gasteiger partial charge in [-0.15, -0.1) is 0 Å². The van der Waals surface area contributed by atoms with E-state index in [0.717, 1.165) is 37.2 Å². The van der Waals surface area contributed by atoms with Crippen LogP contribution in [0.15, 0.2) is 24.3 Å². The SMILES string of the molecule is CC(C)Oc1ccc(CNC(C)C(=O)N2CCCC2)cc1. The summed E-state index contributed by atoms with van der Waals surface area (Å²) in [6, 6.07) is 7.90. The molecule has 1 heterocycles. The van der Waals surface area contributed by atoms with Crippen molar-refractivity contribution in [3.8, 4) is 5.75 Å². The van der Waals surface area contributed by atoms with Gasteiger partial charge in [0.25, 0.3) is 0 Å². The van der Waals surface area contributed by atoms with E-state index in [-0.39, 0.29) is 18.1 Å². The number of rotatable bonds is 6. The molecule has 0 aliphatic carbocycles. The van der Waals surface area contributed by atoms with E-state index in [1.165, 1.54) is 0 Å². The van der Waals surface area contributed by atoms with Crippen molar-refractivity contribution in [3.05, 3.63) is 29.8 Å². The average molecular weight is 290 g/mol. The van der Waals surface area contributed by atoms with Gasteiger partial charge in [0, 0.05) is 19.6 Å². The zero-order valence-corrected chi connectivity index (χ0v) is 13.3. The van der Waals surface area contributed by atoms with Gasteiger partial charge in [-0.25, -0.2) is 0 Å². The van der Waals surface area contributed by atoms with Crippen molar-refractivity contribution in [2.75, 3.05) is 13.1 Å². The van der Waals surface area contributed by atoms with Crippen molar-refractivity contribution < 1.29 is 9.53 Å². The van der Waals surface area contributed by atoms with E-state index in [1.54, 1.807) is 0 Å². The summed E-state index contributed by atoms with van der Waals surface area (Å²) in [5.74, 6) is 1.10. The monoisotopic (exact) mass is 290 g/mol. The second-order valence-electron chi connectivity index (χ2n) is 5.95. The van der Waals surface area contributed by atoms with Crippen molar-refractivity contribution in [2.45, 2.75) is 52.3 Å². The molecule has 1 amide bonds. The van der Waals surface area contributed by atoms with Gasteiger partial charge < -0.3 is 15.0 Å². The lowest BCUT2D eigenvalue weighted by molar-refractivity contribution is -0.131. The highest BCUT2D eigenvalue weighted by Gasteiger charge is 2.22. The minimum atomic E-state index is -0.130. The van der Waals surface area contributed by atoms with Gasteiger partial charge in [-0.1, -0.05) is 12.1 Å². The Balaban J connectivity index is 1.80. The van der Waals surface area contributed by atoms with Crippen molar-refractivity contribution >= 4 is 5.91 Å². The average Bonchev–Trinajstić information content (AvgIpc) is 2.99. The van der Waals surface area contributed by atoms with Gasteiger partial charge in [0.1, 0.15) is 5.75 Å². The number of carbonyl (C=O) groups is 1. The third-order valence-electron chi connectivity index (χ3n) is 3.70. The molecule has 1 aliphatic heterocycles. The number of carbonyl (C=O) groups excluding carboxylic acids is 1. The molecular weight excluding hydrogens is 264 g/mol. The molecule has 1 aromatic carbocycles. The lowest BCUT2D eigenvalue weighted by Gasteiger charge is -2.21. The maximum Gasteiger partial charge on any atom is 0.239 e. The van der Waals surface area contributed by atoms with Gasteiger partial charge in [0.2, 0.25) is 5.91 Å². The van der Waals surface area contributed by atoms with Crippen LogP contribution in [-0.4, -0.2) is 36.0 Å². The van der Waals surface area contributed by atoms with Crippen LogP contribution >= 0.6 is 0 Å². The smallest absolute Gasteiger partial charge is 0.239 e. The Labute approximate surface area is 127 Å². The Hall–Kier alpha value is -1.55. The summed E-state index contributed by atoms with van der Waals surface area (Å²) in [6.45, 7) is 8.49. The first kappa shape index (κ1) is 15.8. The summed E-state index contributed by atoms with van der Waals surface area (Å²) in [6.07, 6.45) is 2.46. The van der Waals surface area contributed by atoms with Crippen LogP contribution in [0.5, 0.6) is 5.75 Å². The molecule has 4 heteroatoms. The highest BCUT2D eigenvalue weighted by atomic mass is 16.5. The summed E-state index contributed by atoms with van der Waals surface area (Å²) in [4.78, 5) is 14.1. The number of ether oxygens (including phenoxy) is 1. The van der Waals surface area contributed by atoms with Gasteiger partial charge in [-0.2, -0.15) is 0 Å². The number of benzene rings is 1. The van der Waals surface area contributed by atoms with Crippen molar-refractivity contribution in [3.63, 3.8) is 0 Å². The lowest BCUT2D eigenvalue weighted by Crippen LogP contribution is -2.43. The van der Waals surface area contributed by atoms with E-state index >= 15 is 0 Å². The maximum atomic E-state index is 12.2. The highest BCUT2D eigenvalue weighted by Crippen LogP contribution is 2.14. The molecule has 0 radical (unpaired) electrons. The molecule has 116 valence electrons. The summed E-state index contributed by atoms with van der Waals surface area (Å²) in [5.41, 5.74) is 1.16. The van der Waals surface area contributed by atoms with Gasteiger partial charge in [-0.3, -0.25) is 4.79 Å². The molecule has 2 rings (SSSR count). The van der Waals surface area contributed by atoms with Gasteiger partial charge in [0.05, 0.1) is 12.1 Å². The van der Waals surface area contributed by atoms with Crippen LogP contribution in [0.2, 0.25) is 0 Å². The van der Waals surface area contributed by atoms with E-state index in [0.29, 0.717) is 6.54 Å². The number of amides is 1. The quantitative estimate of drug-likeness (QED) is 0.875. The van der Waals surface area contributed by atoms with Gasteiger partial charge in [0.15, 0.2) is 0 Å².